The van der Waals surface area contributed by atoms with Crippen LogP contribution in [0, 0.1) is 0 Å². The molecule has 0 bridgehead atoms. The van der Waals surface area contributed by atoms with Crippen LogP contribution in [0.2, 0.25) is 0 Å². The molecule has 17 aromatic carbocycles. The first-order chi connectivity index (χ1) is 54.1. The van der Waals surface area contributed by atoms with E-state index in [-0.39, 0.29) is 13.7 Å². The second kappa shape index (κ2) is 26.5. The van der Waals surface area contributed by atoms with Crippen LogP contribution in [0.1, 0.15) is 0 Å². The van der Waals surface area contributed by atoms with E-state index < -0.39 is 0 Å². The van der Waals surface area contributed by atoms with Crippen LogP contribution < -0.4 is 46.2 Å². The average molecular weight is 1390 g/mol. The maximum atomic E-state index is 2.88. The molecule has 4 aliphatic rings. The molecule has 508 valence electrons. The van der Waals surface area contributed by atoms with Gasteiger partial charge in [0.25, 0.3) is 0 Å². The first-order valence-corrected chi connectivity index (χ1v) is 37.7. The summed E-state index contributed by atoms with van der Waals surface area (Å²) in [6.07, 6.45) is 0. The lowest BCUT2D eigenvalue weighted by atomic mass is 9.32. The third-order valence-electron chi connectivity index (χ3n) is 22.5. The van der Waals surface area contributed by atoms with Crippen molar-refractivity contribution in [1.82, 2.24) is 0 Å². The summed E-state index contributed by atoms with van der Waals surface area (Å²) in [6.45, 7) is -0.655. The largest absolute Gasteiger partial charge is 0.444 e. The van der Waals surface area contributed by atoms with Crippen molar-refractivity contribution in [2.24, 2.45) is 0 Å². The summed E-state index contributed by atoms with van der Waals surface area (Å²) >= 11 is 0. The quantitative estimate of drug-likeness (QED) is 0.101. The molecular formula is C102H69B2N5. The molecule has 0 aliphatic carbocycles. The van der Waals surface area contributed by atoms with E-state index in [9.17, 15) is 0 Å². The number of benzene rings is 17. The molecule has 4 aliphatic heterocycles. The number of anilines is 13. The minimum absolute atomic E-state index is 0.327. The Morgan fingerprint density at radius 1 is 0.174 bits per heavy atom. The molecule has 0 unspecified atom stereocenters. The van der Waals surface area contributed by atoms with Gasteiger partial charge in [0, 0.05) is 95.9 Å². The van der Waals surface area contributed by atoms with E-state index in [0.29, 0.717) is 0 Å². The van der Waals surface area contributed by atoms with Crippen LogP contribution in [-0.4, -0.2) is 13.7 Å². The van der Waals surface area contributed by atoms with Gasteiger partial charge in [0.05, 0.1) is 11.4 Å². The molecule has 21 rings (SSSR count). The van der Waals surface area contributed by atoms with Crippen LogP contribution in [0.15, 0.2) is 419 Å². The van der Waals surface area contributed by atoms with Crippen molar-refractivity contribution in [3.8, 4) is 89.0 Å². The third-order valence-corrected chi connectivity index (χ3v) is 22.5. The highest BCUT2D eigenvalue weighted by atomic mass is 15.2. The summed E-state index contributed by atoms with van der Waals surface area (Å²) in [5.74, 6) is 0. The summed E-state index contributed by atoms with van der Waals surface area (Å²) < 4.78 is 2.88. The molecule has 0 spiro atoms. The van der Waals surface area contributed by atoms with E-state index >= 15 is 0 Å². The summed E-state index contributed by atoms with van der Waals surface area (Å²) in [5.41, 5.74) is 37.5. The maximum Gasteiger partial charge on any atom is 0.316 e. The minimum atomic E-state index is -0.327. The highest BCUT2D eigenvalue weighted by Gasteiger charge is 2.55. The Morgan fingerprint density at radius 3 is 0.743 bits per heavy atom. The van der Waals surface area contributed by atoms with Crippen LogP contribution in [0.3, 0.4) is 0 Å². The fraction of sp³-hybridized carbons (Fsp3) is 0. The molecule has 5 nitrogen and oxygen atoms in total. The lowest BCUT2D eigenvalue weighted by Gasteiger charge is -2.53. The predicted octanol–water partition coefficient (Wildman–Crippen LogP) is 24.6. The molecule has 0 radical (unpaired) electrons. The molecule has 0 aromatic heterocycles. The van der Waals surface area contributed by atoms with E-state index in [1.54, 1.807) is 0 Å². The Labute approximate surface area is 637 Å². The topological polar surface area (TPSA) is 16.2 Å². The second-order valence-electron chi connectivity index (χ2n) is 28.6. The maximum absolute atomic E-state index is 2.88. The van der Waals surface area contributed by atoms with E-state index in [2.05, 4.69) is 443 Å². The summed E-state index contributed by atoms with van der Waals surface area (Å²) in [7, 11) is 0. The fourth-order valence-corrected chi connectivity index (χ4v) is 17.9. The Hall–Kier alpha value is -14.1. The molecule has 0 amide bonds. The zero-order chi connectivity index (χ0) is 71.9. The van der Waals surface area contributed by atoms with Gasteiger partial charge in [-0.1, -0.05) is 309 Å². The SMILES string of the molecule is c1ccc(-c2cc(-c3ccccc3)c(N3c4ccccc4B4c5c(cc(N(c6ccccc6)c6ccccc6)cc53)-c3cccc5c3N4B3c4ccccc4N(c4c(-c6ccccc6)cc(-c6ccccc6)cc4-c4ccccc4)c4cc(N(c6ccccc6)c6ccccc6)cc-5c43)c(-c3ccccc3)c2)cc1. The highest BCUT2D eigenvalue weighted by molar-refractivity contribution is 7.09. The van der Waals surface area contributed by atoms with Crippen molar-refractivity contribution in [3.63, 3.8) is 0 Å². The van der Waals surface area contributed by atoms with Crippen molar-refractivity contribution in [2.45, 2.75) is 0 Å². The normalized spacial score (nSPS) is 12.5. The average Bonchev–Trinajstić information content (AvgIpc) is 0.659. The van der Waals surface area contributed by atoms with Gasteiger partial charge in [-0.25, -0.2) is 0 Å². The van der Waals surface area contributed by atoms with Gasteiger partial charge in [0.2, 0.25) is 0 Å². The summed E-state index contributed by atoms with van der Waals surface area (Å²) in [4.78, 5) is 10.3. The van der Waals surface area contributed by atoms with Gasteiger partial charge in [-0.3, -0.25) is 0 Å². The summed E-state index contributed by atoms with van der Waals surface area (Å²) in [6, 6.07) is 156. The number of hydrogen-bond donors (Lipinski definition) is 0. The molecule has 17 aromatic rings. The van der Waals surface area contributed by atoms with Crippen LogP contribution >= 0.6 is 0 Å². The third kappa shape index (κ3) is 10.6. The molecule has 0 fully saturated rings. The van der Waals surface area contributed by atoms with Gasteiger partial charge in [-0.05, 0) is 187 Å². The minimum Gasteiger partial charge on any atom is -0.444 e. The van der Waals surface area contributed by atoms with Crippen molar-refractivity contribution < 1.29 is 0 Å². The van der Waals surface area contributed by atoms with E-state index in [0.717, 1.165) is 135 Å². The number of para-hydroxylation sites is 7. The van der Waals surface area contributed by atoms with Gasteiger partial charge in [-0.15, -0.1) is 0 Å². The molecule has 0 saturated heterocycles. The highest BCUT2D eigenvalue weighted by Crippen LogP contribution is 2.58. The molecule has 4 heterocycles. The Morgan fingerprint density at radius 2 is 0.440 bits per heavy atom. The van der Waals surface area contributed by atoms with Gasteiger partial charge in [0.15, 0.2) is 0 Å². The van der Waals surface area contributed by atoms with Gasteiger partial charge in [0.1, 0.15) is 0 Å². The molecular weight excluding hydrogens is 1320 g/mol. The zero-order valence-electron chi connectivity index (χ0n) is 59.7. The smallest absolute Gasteiger partial charge is 0.316 e. The first kappa shape index (κ1) is 63.4. The van der Waals surface area contributed by atoms with Crippen molar-refractivity contribution >= 4 is 109 Å². The second-order valence-corrected chi connectivity index (χ2v) is 28.6. The Kier molecular flexibility index (Phi) is 15.4. The van der Waals surface area contributed by atoms with Gasteiger partial charge >= 0.3 is 13.7 Å². The molecule has 0 saturated carbocycles. The van der Waals surface area contributed by atoms with Crippen LogP contribution in [-0.2, 0) is 0 Å². The molecule has 0 N–H and O–H groups in total. The van der Waals surface area contributed by atoms with E-state index in [1.807, 2.05) is 0 Å². The lowest BCUT2D eigenvalue weighted by molar-refractivity contribution is 1.24. The van der Waals surface area contributed by atoms with E-state index in [1.165, 1.54) is 49.8 Å². The van der Waals surface area contributed by atoms with Gasteiger partial charge < -0.3 is 24.3 Å². The standard InChI is InChI=1S/C102H69B2N5/c1-11-36-70(37-12-1)76-62-86(72-40-15-3-16-41-72)100(87(63-76)73-42-17-4-18-43-73)107-94-60-33-31-58-92(94)103-98-90(66-82(68-96(98)107)105(78-48-23-7-24-49-78)79-50-25-8-26-51-79)84-56-35-57-85-91-67-83(106(80-52-27-9-28-53-80)81-54-29-10-30-55-81)69-97-99(91)104(109(103)102(84)85)93-59-32-34-61-95(93)108(97)101-88(74-44-19-5-20-45-74)64-77(71-38-13-2-14-39-71)65-89(101)75-46-21-6-22-47-75/h1-69H. The van der Waals surface area contributed by atoms with E-state index in [4.69, 9.17) is 0 Å². The monoisotopic (exact) mass is 1390 g/mol. The summed E-state index contributed by atoms with van der Waals surface area (Å²) in [5, 5.41) is 0. The number of rotatable bonds is 14. The fourth-order valence-electron chi connectivity index (χ4n) is 17.9. The Balaban J connectivity index is 0.906. The van der Waals surface area contributed by atoms with Crippen molar-refractivity contribution in [3.05, 3.63) is 419 Å². The number of hydrogen-bond acceptors (Lipinski definition) is 5. The van der Waals surface area contributed by atoms with Crippen LogP contribution in [0.5, 0.6) is 0 Å². The first-order valence-electron chi connectivity index (χ1n) is 37.7. The molecule has 0 atom stereocenters. The van der Waals surface area contributed by atoms with Gasteiger partial charge in [-0.2, -0.15) is 0 Å². The molecule has 109 heavy (non-hydrogen) atoms. The zero-order valence-corrected chi connectivity index (χ0v) is 59.7. The number of fused-ring (bicyclic) bond motifs is 8. The Bertz CT molecular complexity index is 5710. The van der Waals surface area contributed by atoms with Crippen molar-refractivity contribution in [1.29, 1.82) is 0 Å². The van der Waals surface area contributed by atoms with Crippen molar-refractivity contribution in [2.75, 3.05) is 24.3 Å². The number of nitrogens with zero attached hydrogens (tertiary/aromatic N) is 5. The predicted molar refractivity (Wildman–Crippen MR) is 461 cm³/mol. The van der Waals surface area contributed by atoms with Crippen LogP contribution in [0.25, 0.3) is 89.0 Å². The van der Waals surface area contributed by atoms with Crippen LogP contribution in [0.4, 0.5) is 73.9 Å². The lowest BCUT2D eigenvalue weighted by Crippen LogP contribution is -2.74. The molecule has 7 heteroatoms.